The van der Waals surface area contributed by atoms with Gasteiger partial charge in [0.2, 0.25) is 0 Å². The molecular weight excluding hydrogens is 474 g/mol. The van der Waals surface area contributed by atoms with Crippen LogP contribution in [0.15, 0.2) is 73.3 Å². The maximum atomic E-state index is 13.3. The van der Waals surface area contributed by atoms with Gasteiger partial charge in [0.15, 0.2) is 0 Å². The Hall–Kier alpha value is -3.75. The topological polar surface area (TPSA) is 92.9 Å². The van der Waals surface area contributed by atoms with Crippen LogP contribution in [-0.2, 0) is 32.7 Å². The van der Waals surface area contributed by atoms with Crippen molar-refractivity contribution in [2.75, 3.05) is 13.1 Å². The van der Waals surface area contributed by atoms with Crippen molar-refractivity contribution in [1.82, 2.24) is 35.1 Å². The van der Waals surface area contributed by atoms with Gasteiger partial charge in [-0.2, -0.15) is 0 Å². The quantitative estimate of drug-likeness (QED) is 0.211. The number of rotatable bonds is 15. The van der Waals surface area contributed by atoms with Crippen LogP contribution < -0.4 is 5.32 Å². The number of imidazole rings is 2. The molecule has 38 heavy (non-hydrogen) atoms. The number of amides is 1. The predicted octanol–water partition coefficient (Wildman–Crippen LogP) is 4.89. The highest BCUT2D eigenvalue weighted by Crippen LogP contribution is 2.14. The molecule has 0 saturated carbocycles. The summed E-state index contributed by atoms with van der Waals surface area (Å²) in [6.07, 6.45) is 9.26. The molecule has 0 radical (unpaired) electrons. The Balaban J connectivity index is 1.32. The Bertz CT molecular complexity index is 1180. The predicted molar refractivity (Wildman–Crippen MR) is 150 cm³/mol. The molecule has 3 N–H and O–H groups in total. The Morgan fingerprint density at radius 2 is 1.39 bits per heavy atom. The molecule has 0 aliphatic rings. The van der Waals surface area contributed by atoms with Gasteiger partial charge in [-0.15, -0.1) is 0 Å². The van der Waals surface area contributed by atoms with Crippen molar-refractivity contribution in [3.05, 3.63) is 107 Å². The average molecular weight is 514 g/mol. The number of aromatic nitrogens is 4. The normalized spacial score (nSPS) is 11.2. The maximum absolute atomic E-state index is 13.3. The van der Waals surface area contributed by atoms with Crippen LogP contribution in [0.25, 0.3) is 0 Å². The van der Waals surface area contributed by atoms with E-state index in [1.54, 1.807) is 29.7 Å². The molecule has 0 spiro atoms. The number of hydrogen-bond acceptors (Lipinski definition) is 5. The van der Waals surface area contributed by atoms with Crippen LogP contribution in [-0.4, -0.2) is 48.7 Å². The molecule has 0 aliphatic heterocycles. The van der Waals surface area contributed by atoms with Crippen LogP contribution in [0.2, 0.25) is 0 Å². The summed E-state index contributed by atoms with van der Waals surface area (Å²) in [7, 11) is 0. The lowest BCUT2D eigenvalue weighted by atomic mass is 10.1. The van der Waals surface area contributed by atoms with Crippen LogP contribution in [0.5, 0.6) is 0 Å². The summed E-state index contributed by atoms with van der Waals surface area (Å²) in [5, 5.41) is 3.55. The van der Waals surface area contributed by atoms with Crippen molar-refractivity contribution >= 4 is 5.91 Å². The second-order valence-electron chi connectivity index (χ2n) is 9.63. The fraction of sp³-hybridized carbons (Fsp3) is 0.367. The van der Waals surface area contributed by atoms with Crippen molar-refractivity contribution in [1.29, 1.82) is 0 Å². The molecule has 2 aromatic heterocycles. The molecule has 200 valence electrons. The number of nitrogens with one attached hydrogen (secondary N) is 3. The molecule has 4 rings (SSSR count). The molecule has 0 fully saturated rings. The van der Waals surface area contributed by atoms with Gasteiger partial charge in [0.1, 0.15) is 11.6 Å². The van der Waals surface area contributed by atoms with E-state index in [9.17, 15) is 4.79 Å². The van der Waals surface area contributed by atoms with E-state index in [2.05, 4.69) is 68.3 Å². The third kappa shape index (κ3) is 8.13. The van der Waals surface area contributed by atoms with E-state index >= 15 is 0 Å². The van der Waals surface area contributed by atoms with Crippen LogP contribution in [0.4, 0.5) is 0 Å². The van der Waals surface area contributed by atoms with E-state index in [4.69, 9.17) is 0 Å². The van der Waals surface area contributed by atoms with Gasteiger partial charge >= 0.3 is 0 Å². The summed E-state index contributed by atoms with van der Waals surface area (Å²) in [6, 6.07) is 16.7. The summed E-state index contributed by atoms with van der Waals surface area (Å²) in [6.45, 7) is 10.0. The van der Waals surface area contributed by atoms with Gasteiger partial charge in [0.25, 0.3) is 5.91 Å². The third-order valence-corrected chi connectivity index (χ3v) is 6.41. The van der Waals surface area contributed by atoms with Gasteiger partial charge in [-0.25, -0.2) is 9.97 Å². The highest BCUT2D eigenvalue weighted by Gasteiger charge is 2.18. The Morgan fingerprint density at radius 3 is 1.97 bits per heavy atom. The van der Waals surface area contributed by atoms with E-state index in [-0.39, 0.29) is 5.91 Å². The van der Waals surface area contributed by atoms with E-state index in [0.29, 0.717) is 18.7 Å². The minimum Gasteiger partial charge on any atom is -0.347 e. The molecule has 0 saturated heterocycles. The molecule has 4 aromatic rings. The van der Waals surface area contributed by atoms with Crippen molar-refractivity contribution in [2.45, 2.75) is 59.4 Å². The van der Waals surface area contributed by atoms with Crippen molar-refractivity contribution in [2.24, 2.45) is 0 Å². The SMILES string of the molecule is CCCN(CCC)Cc1cccc(CNCc2ccc(C(=O)N(Cc3ncc[nH]3)Cc3ncc[nH]3)cc2)c1. The summed E-state index contributed by atoms with van der Waals surface area (Å²) in [5.74, 6) is 1.41. The Kier molecular flexibility index (Phi) is 10.2. The number of nitrogens with zero attached hydrogens (tertiary/aromatic N) is 4. The zero-order valence-corrected chi connectivity index (χ0v) is 22.5. The van der Waals surface area contributed by atoms with E-state index in [1.165, 1.54) is 24.0 Å². The fourth-order valence-electron chi connectivity index (χ4n) is 4.63. The summed E-state index contributed by atoms with van der Waals surface area (Å²) >= 11 is 0. The number of benzene rings is 2. The number of aromatic amines is 2. The zero-order chi connectivity index (χ0) is 26.6. The van der Waals surface area contributed by atoms with Crippen LogP contribution in [0, 0.1) is 0 Å². The Morgan fingerprint density at radius 1 is 0.789 bits per heavy atom. The van der Waals surface area contributed by atoms with E-state index in [1.807, 2.05) is 24.3 Å². The zero-order valence-electron chi connectivity index (χ0n) is 22.5. The summed E-state index contributed by atoms with van der Waals surface area (Å²) in [4.78, 5) is 32.3. The van der Waals surface area contributed by atoms with Gasteiger partial charge in [-0.05, 0) is 54.8 Å². The lowest BCUT2D eigenvalue weighted by molar-refractivity contribution is 0.0721. The lowest BCUT2D eigenvalue weighted by Crippen LogP contribution is -2.31. The second kappa shape index (κ2) is 14.3. The highest BCUT2D eigenvalue weighted by atomic mass is 16.2. The van der Waals surface area contributed by atoms with E-state index in [0.717, 1.165) is 49.9 Å². The maximum Gasteiger partial charge on any atom is 0.254 e. The summed E-state index contributed by atoms with van der Waals surface area (Å²) in [5.41, 5.74) is 4.43. The lowest BCUT2D eigenvalue weighted by Gasteiger charge is -2.21. The molecular formula is C30H39N7O. The number of carbonyl (C=O) groups is 1. The van der Waals surface area contributed by atoms with Crippen molar-refractivity contribution < 1.29 is 4.79 Å². The summed E-state index contributed by atoms with van der Waals surface area (Å²) < 4.78 is 0. The average Bonchev–Trinajstić information content (AvgIpc) is 3.64. The number of hydrogen-bond donors (Lipinski definition) is 3. The van der Waals surface area contributed by atoms with Gasteiger partial charge in [0.05, 0.1) is 13.1 Å². The van der Waals surface area contributed by atoms with Crippen molar-refractivity contribution in [3.63, 3.8) is 0 Å². The second-order valence-corrected chi connectivity index (χ2v) is 9.63. The molecule has 1 amide bonds. The minimum absolute atomic E-state index is 0.0608. The number of H-pyrrole nitrogens is 2. The van der Waals surface area contributed by atoms with Crippen LogP contribution in [0.3, 0.4) is 0 Å². The highest BCUT2D eigenvalue weighted by molar-refractivity contribution is 5.94. The van der Waals surface area contributed by atoms with Crippen LogP contribution >= 0.6 is 0 Å². The molecule has 8 heteroatoms. The monoisotopic (exact) mass is 513 g/mol. The molecule has 0 bridgehead atoms. The van der Waals surface area contributed by atoms with E-state index < -0.39 is 0 Å². The van der Waals surface area contributed by atoms with Gasteiger partial charge < -0.3 is 20.2 Å². The Labute approximate surface area is 225 Å². The standard InChI is InChI=1S/C30H39N7O/c1-3-16-36(17-4-2)21-26-7-5-6-25(18-26)20-31-19-24-8-10-27(11-9-24)30(38)37(22-28-32-12-13-33-28)23-29-34-14-15-35-29/h5-15,18,31H,3-4,16-17,19-23H2,1-2H3,(H,32,33)(H,34,35). The molecule has 2 heterocycles. The first-order chi connectivity index (χ1) is 18.6. The third-order valence-electron chi connectivity index (χ3n) is 6.41. The molecule has 0 atom stereocenters. The smallest absolute Gasteiger partial charge is 0.254 e. The van der Waals surface area contributed by atoms with Crippen molar-refractivity contribution in [3.8, 4) is 0 Å². The number of carbonyl (C=O) groups excluding carboxylic acids is 1. The minimum atomic E-state index is -0.0608. The first-order valence-electron chi connectivity index (χ1n) is 13.5. The van der Waals surface area contributed by atoms with Gasteiger partial charge in [-0.1, -0.05) is 50.2 Å². The molecule has 0 unspecified atom stereocenters. The first-order valence-corrected chi connectivity index (χ1v) is 13.5. The van der Waals surface area contributed by atoms with Gasteiger partial charge in [0, 0.05) is 50.0 Å². The largest absolute Gasteiger partial charge is 0.347 e. The van der Waals surface area contributed by atoms with Crippen LogP contribution in [0.1, 0.15) is 65.4 Å². The molecule has 2 aromatic carbocycles. The fourth-order valence-corrected chi connectivity index (χ4v) is 4.63. The molecule has 8 nitrogen and oxygen atoms in total. The first kappa shape index (κ1) is 27.3. The van der Waals surface area contributed by atoms with Gasteiger partial charge in [-0.3, -0.25) is 9.69 Å². The molecule has 0 aliphatic carbocycles.